The zero-order chi connectivity index (χ0) is 13.0. The van der Waals surface area contributed by atoms with Gasteiger partial charge in [0, 0.05) is 12.6 Å². The molecule has 1 saturated heterocycles. The van der Waals surface area contributed by atoms with Gasteiger partial charge in [-0.25, -0.2) is 0 Å². The Labute approximate surface area is 112 Å². The van der Waals surface area contributed by atoms with Crippen LogP contribution in [0, 0.1) is 5.92 Å². The Balaban J connectivity index is 1.99. The van der Waals surface area contributed by atoms with E-state index in [0.717, 1.165) is 38.9 Å². The summed E-state index contributed by atoms with van der Waals surface area (Å²) < 4.78 is 0. The number of likely N-dealkylation sites (tertiary alicyclic amines) is 1. The van der Waals surface area contributed by atoms with E-state index in [-0.39, 0.29) is 0 Å². The first-order valence-corrected chi connectivity index (χ1v) is 7.79. The Hall–Kier alpha value is -0.120. The lowest BCUT2D eigenvalue weighted by molar-refractivity contribution is 0.0409. The number of hydrogen-bond donors (Lipinski definition) is 2. The molecule has 1 aliphatic heterocycles. The van der Waals surface area contributed by atoms with Crippen molar-refractivity contribution in [1.82, 2.24) is 4.90 Å². The van der Waals surface area contributed by atoms with Crippen LogP contribution < -0.4 is 5.73 Å². The van der Waals surface area contributed by atoms with Crippen LogP contribution in [0.5, 0.6) is 0 Å². The fourth-order valence-corrected chi connectivity index (χ4v) is 3.74. The zero-order valence-electron chi connectivity index (χ0n) is 11.9. The Morgan fingerprint density at radius 1 is 1.11 bits per heavy atom. The summed E-state index contributed by atoms with van der Waals surface area (Å²) in [6.07, 6.45) is 9.68. The number of aliphatic hydroxyl groups is 1. The summed E-state index contributed by atoms with van der Waals surface area (Å²) in [6.45, 7) is 5.02. The van der Waals surface area contributed by atoms with E-state index in [9.17, 15) is 5.11 Å². The smallest absolute Gasteiger partial charge is 0.0632 e. The minimum Gasteiger partial charge on any atom is -0.390 e. The Morgan fingerprint density at radius 2 is 1.89 bits per heavy atom. The van der Waals surface area contributed by atoms with Gasteiger partial charge in [-0.2, -0.15) is 0 Å². The summed E-state index contributed by atoms with van der Waals surface area (Å²) in [5.41, 5.74) is 5.54. The summed E-state index contributed by atoms with van der Waals surface area (Å²) in [5.74, 6) is 0.676. The molecule has 0 aromatic heterocycles. The van der Waals surface area contributed by atoms with Gasteiger partial charge in [0.05, 0.1) is 5.60 Å². The predicted molar refractivity (Wildman–Crippen MR) is 75.5 cm³/mol. The quantitative estimate of drug-likeness (QED) is 0.742. The van der Waals surface area contributed by atoms with Crippen LogP contribution in [0.25, 0.3) is 0 Å². The van der Waals surface area contributed by atoms with Crippen molar-refractivity contribution in [3.05, 3.63) is 0 Å². The van der Waals surface area contributed by atoms with Crippen molar-refractivity contribution < 1.29 is 5.11 Å². The first-order chi connectivity index (χ1) is 8.62. The molecule has 1 saturated carbocycles. The van der Waals surface area contributed by atoms with Crippen molar-refractivity contribution in [2.24, 2.45) is 11.7 Å². The molecule has 106 valence electrons. The largest absolute Gasteiger partial charge is 0.390 e. The van der Waals surface area contributed by atoms with Crippen molar-refractivity contribution in [3.63, 3.8) is 0 Å². The molecule has 0 aromatic carbocycles. The predicted octanol–water partition coefficient (Wildman–Crippen LogP) is 2.13. The van der Waals surface area contributed by atoms with Gasteiger partial charge in [0.2, 0.25) is 0 Å². The van der Waals surface area contributed by atoms with Crippen LogP contribution >= 0.6 is 0 Å². The minimum absolute atomic E-state index is 0.447. The third-order valence-corrected chi connectivity index (χ3v) is 4.99. The van der Waals surface area contributed by atoms with Gasteiger partial charge < -0.3 is 10.8 Å². The second-order valence-electron chi connectivity index (χ2n) is 6.59. The summed E-state index contributed by atoms with van der Waals surface area (Å²) in [7, 11) is 0. The van der Waals surface area contributed by atoms with Gasteiger partial charge in [0.25, 0.3) is 0 Å². The molecular formula is C15H30N2O. The fraction of sp³-hybridized carbons (Fsp3) is 1.00. The molecule has 2 fully saturated rings. The van der Waals surface area contributed by atoms with E-state index >= 15 is 0 Å². The van der Waals surface area contributed by atoms with Crippen molar-refractivity contribution in [3.8, 4) is 0 Å². The van der Waals surface area contributed by atoms with E-state index < -0.39 is 5.60 Å². The maximum atomic E-state index is 10.2. The third kappa shape index (κ3) is 3.69. The zero-order valence-corrected chi connectivity index (χ0v) is 11.9. The number of hydrogen-bond acceptors (Lipinski definition) is 3. The highest BCUT2D eigenvalue weighted by atomic mass is 16.3. The van der Waals surface area contributed by atoms with Crippen molar-refractivity contribution in [2.45, 2.75) is 69.9 Å². The first kappa shape index (κ1) is 14.3. The standard InChI is InChI=1S/C15H30N2O/c1-15(18)8-5-10-17(11-9-15)14-7-4-2-3-6-13(14)12-16/h13-14,18H,2-12,16H2,1H3. The van der Waals surface area contributed by atoms with Gasteiger partial charge in [-0.15, -0.1) is 0 Å². The second-order valence-corrected chi connectivity index (χ2v) is 6.59. The molecule has 3 heteroatoms. The van der Waals surface area contributed by atoms with Gasteiger partial charge in [0.1, 0.15) is 0 Å². The van der Waals surface area contributed by atoms with Gasteiger partial charge in [0.15, 0.2) is 0 Å². The summed E-state index contributed by atoms with van der Waals surface area (Å²) in [4.78, 5) is 2.63. The molecule has 1 aliphatic carbocycles. The van der Waals surface area contributed by atoms with Crippen LogP contribution in [-0.2, 0) is 0 Å². The maximum Gasteiger partial charge on any atom is 0.0632 e. The van der Waals surface area contributed by atoms with Crippen molar-refractivity contribution >= 4 is 0 Å². The molecule has 2 aliphatic rings. The van der Waals surface area contributed by atoms with Crippen LogP contribution in [0.4, 0.5) is 0 Å². The molecule has 2 rings (SSSR count). The van der Waals surface area contributed by atoms with Gasteiger partial charge in [-0.3, -0.25) is 4.90 Å². The van der Waals surface area contributed by atoms with E-state index in [1.165, 1.54) is 32.1 Å². The summed E-state index contributed by atoms with van der Waals surface area (Å²) in [6, 6.07) is 0.673. The number of nitrogens with two attached hydrogens (primary N) is 1. The highest BCUT2D eigenvalue weighted by Gasteiger charge is 2.32. The minimum atomic E-state index is -0.447. The molecule has 0 spiro atoms. The van der Waals surface area contributed by atoms with E-state index in [4.69, 9.17) is 5.73 Å². The van der Waals surface area contributed by atoms with Crippen molar-refractivity contribution in [1.29, 1.82) is 0 Å². The van der Waals surface area contributed by atoms with E-state index in [0.29, 0.717) is 12.0 Å². The molecule has 3 atom stereocenters. The first-order valence-electron chi connectivity index (χ1n) is 7.79. The highest BCUT2D eigenvalue weighted by molar-refractivity contribution is 4.87. The lowest BCUT2D eigenvalue weighted by atomic mass is 9.93. The van der Waals surface area contributed by atoms with Crippen LogP contribution in [0.3, 0.4) is 0 Å². The normalized spacial score (nSPS) is 40.2. The molecule has 3 unspecified atom stereocenters. The maximum absolute atomic E-state index is 10.2. The van der Waals surface area contributed by atoms with Crippen molar-refractivity contribution in [2.75, 3.05) is 19.6 Å². The fourth-order valence-electron chi connectivity index (χ4n) is 3.74. The summed E-state index contributed by atoms with van der Waals surface area (Å²) >= 11 is 0. The van der Waals surface area contributed by atoms with Gasteiger partial charge in [-0.1, -0.05) is 19.3 Å². The average Bonchev–Trinajstić information content (AvgIpc) is 2.66. The lowest BCUT2D eigenvalue weighted by Gasteiger charge is -2.35. The monoisotopic (exact) mass is 254 g/mol. The van der Waals surface area contributed by atoms with Crippen LogP contribution in [0.2, 0.25) is 0 Å². The molecule has 1 heterocycles. The molecule has 0 bridgehead atoms. The summed E-state index contributed by atoms with van der Waals surface area (Å²) in [5, 5.41) is 10.2. The molecule has 0 aromatic rings. The topological polar surface area (TPSA) is 49.5 Å². The number of rotatable bonds is 2. The molecule has 0 amide bonds. The molecule has 0 radical (unpaired) electrons. The lowest BCUT2D eigenvalue weighted by Crippen LogP contribution is -2.43. The van der Waals surface area contributed by atoms with E-state index in [1.54, 1.807) is 0 Å². The second kappa shape index (κ2) is 6.36. The number of nitrogens with zero attached hydrogens (tertiary/aromatic N) is 1. The Bertz CT molecular complexity index is 255. The molecular weight excluding hydrogens is 224 g/mol. The van der Waals surface area contributed by atoms with Gasteiger partial charge >= 0.3 is 0 Å². The van der Waals surface area contributed by atoms with Crippen LogP contribution in [0.1, 0.15) is 58.3 Å². The molecule has 18 heavy (non-hydrogen) atoms. The third-order valence-electron chi connectivity index (χ3n) is 4.99. The van der Waals surface area contributed by atoms with Crippen LogP contribution in [0.15, 0.2) is 0 Å². The van der Waals surface area contributed by atoms with E-state index in [1.807, 2.05) is 6.92 Å². The Morgan fingerprint density at radius 3 is 2.67 bits per heavy atom. The SMILES string of the molecule is CC1(O)CCCN(C2CCCCCC2CN)CC1. The van der Waals surface area contributed by atoms with E-state index in [2.05, 4.69) is 4.90 Å². The highest BCUT2D eigenvalue weighted by Crippen LogP contribution is 2.30. The molecule has 3 nitrogen and oxygen atoms in total. The molecule has 3 N–H and O–H groups in total. The Kier molecular flexibility index (Phi) is 5.05. The van der Waals surface area contributed by atoms with Gasteiger partial charge in [-0.05, 0) is 58.0 Å². The average molecular weight is 254 g/mol. The van der Waals surface area contributed by atoms with Crippen LogP contribution in [-0.4, -0.2) is 41.3 Å².